The summed E-state index contributed by atoms with van der Waals surface area (Å²) in [6, 6.07) is 7.66. The van der Waals surface area contributed by atoms with Crippen LogP contribution in [0.15, 0.2) is 35.7 Å². The molecular formula is C10H10O2S. The van der Waals surface area contributed by atoms with Gasteiger partial charge in [0.25, 0.3) is 0 Å². The monoisotopic (exact) mass is 194 g/mol. The van der Waals surface area contributed by atoms with Crippen molar-refractivity contribution in [1.82, 2.24) is 0 Å². The van der Waals surface area contributed by atoms with Crippen LogP contribution >= 0.6 is 0 Å². The molecule has 1 heterocycles. The van der Waals surface area contributed by atoms with E-state index in [-0.39, 0.29) is 5.75 Å². The highest BCUT2D eigenvalue weighted by Gasteiger charge is 2.13. The van der Waals surface area contributed by atoms with E-state index in [9.17, 15) is 8.42 Å². The molecule has 1 aromatic carbocycles. The smallest absolute Gasteiger partial charge is 0.175 e. The number of sulfone groups is 1. The van der Waals surface area contributed by atoms with Crippen molar-refractivity contribution in [3.05, 3.63) is 46.9 Å². The molecule has 0 N–H and O–H groups in total. The summed E-state index contributed by atoms with van der Waals surface area (Å²) in [5.74, 6) is 0.139. The third kappa shape index (κ3) is 1.80. The lowest BCUT2D eigenvalue weighted by atomic mass is 10.1. The second kappa shape index (κ2) is 3.00. The minimum Gasteiger partial charge on any atom is -0.224 e. The molecule has 3 heteroatoms. The summed E-state index contributed by atoms with van der Waals surface area (Å²) in [5.41, 5.74) is 2.03. The SMILES string of the molecule is O=S1(=O)C=CCc2ccccc2C1. The number of rotatable bonds is 0. The number of benzene rings is 1. The van der Waals surface area contributed by atoms with Gasteiger partial charge in [-0.3, -0.25) is 0 Å². The van der Waals surface area contributed by atoms with Crippen LogP contribution in [0.25, 0.3) is 0 Å². The van der Waals surface area contributed by atoms with E-state index < -0.39 is 9.84 Å². The molecule has 1 aromatic rings. The van der Waals surface area contributed by atoms with Gasteiger partial charge in [0.2, 0.25) is 0 Å². The number of hydrogen-bond acceptors (Lipinski definition) is 2. The largest absolute Gasteiger partial charge is 0.224 e. The molecule has 0 unspecified atom stereocenters. The fourth-order valence-corrected chi connectivity index (χ4v) is 2.68. The molecule has 2 nitrogen and oxygen atoms in total. The average Bonchev–Trinajstić information content (AvgIpc) is 2.21. The highest BCUT2D eigenvalue weighted by atomic mass is 32.2. The van der Waals surface area contributed by atoms with E-state index in [0.717, 1.165) is 17.5 Å². The Balaban J connectivity index is 2.53. The van der Waals surface area contributed by atoms with Gasteiger partial charge in [-0.25, -0.2) is 8.42 Å². The Kier molecular flexibility index (Phi) is 1.96. The minimum atomic E-state index is -3.01. The van der Waals surface area contributed by atoms with Crippen molar-refractivity contribution < 1.29 is 8.42 Å². The first-order chi connectivity index (χ1) is 6.17. The highest BCUT2D eigenvalue weighted by Crippen LogP contribution is 2.17. The maximum absolute atomic E-state index is 11.3. The van der Waals surface area contributed by atoms with Crippen LogP contribution in [0.2, 0.25) is 0 Å². The zero-order chi connectivity index (χ0) is 9.31. The van der Waals surface area contributed by atoms with Gasteiger partial charge in [0.1, 0.15) is 0 Å². The van der Waals surface area contributed by atoms with Crippen molar-refractivity contribution >= 4 is 9.84 Å². The molecule has 0 radical (unpaired) electrons. The predicted octanol–water partition coefficient (Wildman–Crippen LogP) is 1.67. The second-order valence-corrected chi connectivity index (χ2v) is 5.04. The van der Waals surface area contributed by atoms with Gasteiger partial charge in [-0.2, -0.15) is 0 Å². The van der Waals surface area contributed by atoms with Gasteiger partial charge >= 0.3 is 0 Å². The molecule has 0 spiro atoms. The van der Waals surface area contributed by atoms with Crippen molar-refractivity contribution in [3.63, 3.8) is 0 Å². The molecule has 0 fully saturated rings. The lowest BCUT2D eigenvalue weighted by Gasteiger charge is -2.02. The maximum atomic E-state index is 11.3. The molecule has 13 heavy (non-hydrogen) atoms. The van der Waals surface area contributed by atoms with E-state index in [1.54, 1.807) is 6.08 Å². The van der Waals surface area contributed by atoms with Crippen LogP contribution in [0, 0.1) is 0 Å². The summed E-state index contributed by atoms with van der Waals surface area (Å²) in [7, 11) is -3.01. The van der Waals surface area contributed by atoms with Crippen LogP contribution in [-0.2, 0) is 22.0 Å². The van der Waals surface area contributed by atoms with Gasteiger partial charge in [-0.1, -0.05) is 30.3 Å². The number of hydrogen-bond donors (Lipinski definition) is 0. The standard InChI is InChI=1S/C10H10O2S/c11-13(12)7-3-6-9-4-1-2-5-10(9)8-13/h1-5,7H,6,8H2. The van der Waals surface area contributed by atoms with Gasteiger partial charge < -0.3 is 0 Å². The Morgan fingerprint density at radius 2 is 1.77 bits per heavy atom. The predicted molar refractivity (Wildman–Crippen MR) is 51.9 cm³/mol. The summed E-state index contributed by atoms with van der Waals surface area (Å²) >= 11 is 0. The van der Waals surface area contributed by atoms with Crippen molar-refractivity contribution in [2.45, 2.75) is 12.2 Å². The third-order valence-electron chi connectivity index (χ3n) is 2.12. The molecule has 0 aromatic heterocycles. The first kappa shape index (κ1) is 8.51. The number of allylic oxidation sites excluding steroid dienone is 1. The average molecular weight is 194 g/mol. The Morgan fingerprint density at radius 3 is 2.54 bits per heavy atom. The second-order valence-electron chi connectivity index (χ2n) is 3.15. The molecular weight excluding hydrogens is 184 g/mol. The third-order valence-corrected chi connectivity index (χ3v) is 3.44. The van der Waals surface area contributed by atoms with Gasteiger partial charge in [-0.05, 0) is 17.5 Å². The van der Waals surface area contributed by atoms with Crippen LogP contribution in [-0.4, -0.2) is 8.42 Å². The fraction of sp³-hybridized carbons (Fsp3) is 0.200. The molecule has 0 aliphatic carbocycles. The maximum Gasteiger partial charge on any atom is 0.175 e. The van der Waals surface area contributed by atoms with Crippen molar-refractivity contribution in [2.75, 3.05) is 0 Å². The molecule has 68 valence electrons. The zero-order valence-corrected chi connectivity index (χ0v) is 7.92. The van der Waals surface area contributed by atoms with Crippen LogP contribution in [0.3, 0.4) is 0 Å². The molecule has 0 atom stereocenters. The highest BCUT2D eigenvalue weighted by molar-refractivity contribution is 7.93. The van der Waals surface area contributed by atoms with E-state index in [0.29, 0.717) is 0 Å². The molecule has 0 saturated carbocycles. The van der Waals surface area contributed by atoms with Crippen molar-refractivity contribution in [2.24, 2.45) is 0 Å². The van der Waals surface area contributed by atoms with Crippen LogP contribution in [0.5, 0.6) is 0 Å². The summed E-state index contributed by atoms with van der Waals surface area (Å²) in [5, 5.41) is 1.31. The molecule has 2 rings (SSSR count). The first-order valence-corrected chi connectivity index (χ1v) is 5.85. The zero-order valence-electron chi connectivity index (χ0n) is 7.10. The molecule has 0 amide bonds. The first-order valence-electron chi connectivity index (χ1n) is 4.13. The van der Waals surface area contributed by atoms with E-state index in [4.69, 9.17) is 0 Å². The van der Waals surface area contributed by atoms with Crippen molar-refractivity contribution in [1.29, 1.82) is 0 Å². The van der Waals surface area contributed by atoms with Gasteiger partial charge in [0.15, 0.2) is 9.84 Å². The molecule has 0 saturated heterocycles. The van der Waals surface area contributed by atoms with Crippen molar-refractivity contribution in [3.8, 4) is 0 Å². The fourth-order valence-electron chi connectivity index (χ4n) is 1.48. The van der Waals surface area contributed by atoms with E-state index >= 15 is 0 Å². The quantitative estimate of drug-likeness (QED) is 0.629. The topological polar surface area (TPSA) is 34.1 Å². The Bertz CT molecular complexity index is 444. The summed E-state index contributed by atoms with van der Waals surface area (Å²) in [6.07, 6.45) is 2.43. The van der Waals surface area contributed by atoms with Crippen LogP contribution in [0.1, 0.15) is 11.1 Å². The van der Waals surface area contributed by atoms with E-state index in [2.05, 4.69) is 0 Å². The number of fused-ring (bicyclic) bond motifs is 1. The van der Waals surface area contributed by atoms with Gasteiger partial charge in [0.05, 0.1) is 5.75 Å². The summed E-state index contributed by atoms with van der Waals surface area (Å²) < 4.78 is 22.7. The Morgan fingerprint density at radius 1 is 1.08 bits per heavy atom. The summed E-state index contributed by atoms with van der Waals surface area (Å²) in [4.78, 5) is 0. The van der Waals surface area contributed by atoms with Gasteiger partial charge in [-0.15, -0.1) is 0 Å². The lowest BCUT2D eigenvalue weighted by molar-refractivity contribution is 0.604. The molecule has 0 bridgehead atoms. The Hall–Kier alpha value is -1.09. The van der Waals surface area contributed by atoms with Crippen LogP contribution < -0.4 is 0 Å². The molecule has 1 aliphatic rings. The van der Waals surface area contributed by atoms with E-state index in [1.165, 1.54) is 5.41 Å². The minimum absolute atomic E-state index is 0.139. The molecule has 1 aliphatic heterocycles. The normalized spacial score (nSPS) is 19.1. The van der Waals surface area contributed by atoms with E-state index in [1.807, 2.05) is 24.3 Å². The summed E-state index contributed by atoms with van der Waals surface area (Å²) in [6.45, 7) is 0. The Labute approximate surface area is 77.8 Å². The lowest BCUT2D eigenvalue weighted by Crippen LogP contribution is -1.99. The van der Waals surface area contributed by atoms with Gasteiger partial charge in [0, 0.05) is 5.41 Å². The van der Waals surface area contributed by atoms with Crippen LogP contribution in [0.4, 0.5) is 0 Å².